The minimum Gasteiger partial charge on any atom is -0.336 e. The minimum absolute atomic E-state index is 0.0506. The maximum atomic E-state index is 15.1. The molecule has 1 aliphatic heterocycles. The van der Waals surface area contributed by atoms with Gasteiger partial charge < -0.3 is 4.90 Å². The molecule has 0 bridgehead atoms. The van der Waals surface area contributed by atoms with Gasteiger partial charge in [-0.2, -0.15) is 0 Å². The molecule has 1 spiro atoms. The third-order valence-electron chi connectivity index (χ3n) is 5.90. The average molecular weight is 391 g/mol. The number of hydrogen-bond donors (Lipinski definition) is 0. The number of likely N-dealkylation sites (tertiary alicyclic amines) is 1. The summed E-state index contributed by atoms with van der Waals surface area (Å²) in [6.45, 7) is 1.73. The molecule has 1 saturated carbocycles. The fraction of sp³-hybridized carbons (Fsp3) is 0.409. The zero-order valence-corrected chi connectivity index (χ0v) is 15.5. The predicted octanol–water partition coefficient (Wildman–Crippen LogP) is 5.05. The molecule has 0 aromatic heterocycles. The van der Waals surface area contributed by atoms with Crippen molar-refractivity contribution in [3.05, 3.63) is 59.4 Å². The molecule has 2 atom stereocenters. The van der Waals surface area contributed by atoms with E-state index < -0.39 is 29.5 Å². The molecule has 28 heavy (non-hydrogen) atoms. The van der Waals surface area contributed by atoms with Crippen LogP contribution in [0.2, 0.25) is 0 Å². The van der Waals surface area contributed by atoms with E-state index in [1.165, 1.54) is 13.0 Å². The normalized spacial score (nSPS) is 21.2. The summed E-state index contributed by atoms with van der Waals surface area (Å²) in [7, 11) is 0. The number of rotatable bonds is 4. The van der Waals surface area contributed by atoms with Crippen molar-refractivity contribution >= 4 is 5.91 Å². The zero-order valence-electron chi connectivity index (χ0n) is 15.5. The summed E-state index contributed by atoms with van der Waals surface area (Å²) in [5.41, 5.74) is 0.628. The first-order valence-electron chi connectivity index (χ1n) is 9.46. The Morgan fingerprint density at radius 3 is 2.46 bits per heavy atom. The van der Waals surface area contributed by atoms with Crippen molar-refractivity contribution in [2.75, 3.05) is 6.54 Å². The van der Waals surface area contributed by atoms with Crippen LogP contribution in [0.1, 0.15) is 31.7 Å². The largest absolute Gasteiger partial charge is 0.336 e. The van der Waals surface area contributed by atoms with Gasteiger partial charge in [0, 0.05) is 24.2 Å². The van der Waals surface area contributed by atoms with E-state index in [1.54, 1.807) is 17.0 Å². The summed E-state index contributed by atoms with van der Waals surface area (Å²) in [6, 6.07) is 7.33. The summed E-state index contributed by atoms with van der Waals surface area (Å²) >= 11 is 0. The highest BCUT2D eigenvalue weighted by atomic mass is 19.1. The van der Waals surface area contributed by atoms with Crippen molar-refractivity contribution in [3.63, 3.8) is 0 Å². The Balaban J connectivity index is 1.64. The predicted molar refractivity (Wildman–Crippen MR) is 97.8 cm³/mol. The van der Waals surface area contributed by atoms with Gasteiger partial charge in [-0.1, -0.05) is 18.2 Å². The van der Waals surface area contributed by atoms with Crippen LogP contribution in [0.15, 0.2) is 36.4 Å². The number of amides is 1. The molecule has 0 N–H and O–H groups in total. The molecule has 0 radical (unpaired) electrons. The fourth-order valence-corrected chi connectivity index (χ4v) is 4.30. The van der Waals surface area contributed by atoms with Gasteiger partial charge in [0.25, 0.3) is 5.91 Å². The molecular formula is C22H21F4NO. The van der Waals surface area contributed by atoms with Crippen LogP contribution in [0, 0.1) is 22.9 Å². The van der Waals surface area contributed by atoms with Crippen LogP contribution < -0.4 is 0 Å². The highest BCUT2D eigenvalue weighted by molar-refractivity contribution is 5.81. The Hall–Kier alpha value is -2.37. The Labute approximate surface area is 161 Å². The van der Waals surface area contributed by atoms with Gasteiger partial charge in [-0.25, -0.2) is 17.6 Å². The molecule has 1 aliphatic carbocycles. The number of alkyl halides is 1. The number of hydrogen-bond acceptors (Lipinski definition) is 1. The lowest BCUT2D eigenvalue weighted by Crippen LogP contribution is -2.41. The Bertz CT molecular complexity index is 902. The molecule has 4 rings (SSSR count). The smallest absolute Gasteiger partial charge is 0.257 e. The summed E-state index contributed by atoms with van der Waals surface area (Å²) in [4.78, 5) is 13.8. The van der Waals surface area contributed by atoms with Crippen molar-refractivity contribution in [3.8, 4) is 11.1 Å². The molecule has 0 unspecified atom stereocenters. The van der Waals surface area contributed by atoms with Crippen LogP contribution in [0.5, 0.6) is 0 Å². The highest BCUT2D eigenvalue weighted by Crippen LogP contribution is 2.55. The lowest BCUT2D eigenvalue weighted by atomic mass is 9.95. The maximum Gasteiger partial charge on any atom is 0.257 e. The van der Waals surface area contributed by atoms with Crippen LogP contribution in [0.25, 0.3) is 11.1 Å². The summed E-state index contributed by atoms with van der Waals surface area (Å²) in [5, 5.41) is 0. The zero-order chi connectivity index (χ0) is 20.1. The van der Waals surface area contributed by atoms with Crippen molar-refractivity contribution in [2.24, 2.45) is 5.41 Å². The van der Waals surface area contributed by atoms with Crippen molar-refractivity contribution in [1.29, 1.82) is 0 Å². The second kappa shape index (κ2) is 6.90. The minimum atomic E-state index is -1.59. The first kappa shape index (κ1) is 19.0. The van der Waals surface area contributed by atoms with Gasteiger partial charge in [-0.15, -0.1) is 0 Å². The van der Waals surface area contributed by atoms with Crippen molar-refractivity contribution < 1.29 is 22.4 Å². The molecule has 2 nitrogen and oxygen atoms in total. The number of nitrogens with zero attached hydrogens (tertiary/aromatic N) is 1. The van der Waals surface area contributed by atoms with Gasteiger partial charge in [0.2, 0.25) is 0 Å². The second-order valence-corrected chi connectivity index (χ2v) is 8.08. The summed E-state index contributed by atoms with van der Waals surface area (Å²) in [6.07, 6.45) is 1.38. The van der Waals surface area contributed by atoms with E-state index >= 15 is 4.39 Å². The van der Waals surface area contributed by atoms with E-state index in [0.717, 1.165) is 37.5 Å². The van der Waals surface area contributed by atoms with Gasteiger partial charge in [0.1, 0.15) is 17.5 Å². The maximum absolute atomic E-state index is 15.1. The summed E-state index contributed by atoms with van der Waals surface area (Å²) < 4.78 is 55.9. The van der Waals surface area contributed by atoms with Gasteiger partial charge in [0.05, 0.1) is 0 Å². The van der Waals surface area contributed by atoms with Crippen LogP contribution in [0.4, 0.5) is 17.6 Å². The molecule has 1 saturated heterocycles. The van der Waals surface area contributed by atoms with E-state index in [4.69, 9.17) is 0 Å². The fourth-order valence-electron chi connectivity index (χ4n) is 4.30. The van der Waals surface area contributed by atoms with Gasteiger partial charge in [-0.05, 0) is 61.3 Å². The van der Waals surface area contributed by atoms with Crippen LogP contribution in [-0.2, 0) is 11.2 Å². The number of carbonyl (C=O) groups is 1. The quantitative estimate of drug-likeness (QED) is 0.668. The van der Waals surface area contributed by atoms with Gasteiger partial charge in [-0.3, -0.25) is 4.79 Å². The molecule has 6 heteroatoms. The summed E-state index contributed by atoms with van der Waals surface area (Å²) in [5.74, 6) is -2.68. The number of halogens is 4. The van der Waals surface area contributed by atoms with Crippen molar-refractivity contribution in [2.45, 2.75) is 44.8 Å². The van der Waals surface area contributed by atoms with Gasteiger partial charge in [0.15, 0.2) is 6.17 Å². The lowest BCUT2D eigenvalue weighted by molar-refractivity contribution is -0.136. The van der Waals surface area contributed by atoms with Crippen LogP contribution >= 0.6 is 0 Å². The topological polar surface area (TPSA) is 20.3 Å². The third-order valence-corrected chi connectivity index (χ3v) is 5.90. The van der Waals surface area contributed by atoms with E-state index in [-0.39, 0.29) is 29.0 Å². The first-order chi connectivity index (χ1) is 13.3. The second-order valence-electron chi connectivity index (χ2n) is 8.08. The average Bonchev–Trinajstić information content (AvgIpc) is 3.28. The Kier molecular flexibility index (Phi) is 4.68. The Morgan fingerprint density at radius 1 is 1.18 bits per heavy atom. The standard InChI is InChI=1S/C22H21F4NO/c1-13(23)21(28)27-12-22(5-6-22)11-18(27)9-14-3-2-4-19(20(14)26)15-7-16(24)10-17(25)8-15/h2-4,7-8,10,13,18H,5-6,9,11-12H2,1H3/t13-,18-/m0/s1. The Morgan fingerprint density at radius 2 is 1.86 bits per heavy atom. The molecular weight excluding hydrogens is 370 g/mol. The SMILES string of the molecule is C[C@H](F)C(=O)N1CC2(CC2)C[C@@H]1Cc1cccc(-c2cc(F)cc(F)c2)c1F. The van der Waals surface area contributed by atoms with E-state index in [2.05, 4.69) is 0 Å². The first-order valence-corrected chi connectivity index (χ1v) is 9.46. The third kappa shape index (κ3) is 3.52. The molecule has 2 aliphatic rings. The highest BCUT2D eigenvalue weighted by Gasteiger charge is 2.53. The molecule has 148 valence electrons. The number of benzene rings is 2. The van der Waals surface area contributed by atoms with E-state index in [9.17, 15) is 18.0 Å². The lowest BCUT2D eigenvalue weighted by Gasteiger charge is -2.25. The molecule has 2 fully saturated rings. The number of carbonyl (C=O) groups excluding carboxylic acids is 1. The van der Waals surface area contributed by atoms with E-state index in [1.807, 2.05) is 0 Å². The molecule has 1 amide bonds. The molecule has 2 aromatic rings. The van der Waals surface area contributed by atoms with Crippen LogP contribution in [0.3, 0.4) is 0 Å². The monoisotopic (exact) mass is 391 g/mol. The molecule has 2 aromatic carbocycles. The van der Waals surface area contributed by atoms with Crippen molar-refractivity contribution in [1.82, 2.24) is 4.90 Å². The van der Waals surface area contributed by atoms with Crippen LogP contribution in [-0.4, -0.2) is 29.6 Å². The van der Waals surface area contributed by atoms with Gasteiger partial charge >= 0.3 is 0 Å². The van der Waals surface area contributed by atoms with E-state index in [0.29, 0.717) is 12.1 Å². The molecule has 1 heterocycles.